The van der Waals surface area contributed by atoms with E-state index in [1.54, 1.807) is 0 Å². The molecule has 0 amide bonds. The molecule has 1 saturated heterocycles. The molecule has 2 unspecified atom stereocenters. The molecule has 5 N–H and O–H groups in total. The van der Waals surface area contributed by atoms with Gasteiger partial charge in [0.1, 0.15) is 30.5 Å². The molecule has 1 heterocycles. The number of aliphatic hydroxyl groups excluding tert-OH is 4. The zero-order valence-corrected chi connectivity index (χ0v) is 10.7. The third kappa shape index (κ3) is 3.44. The summed E-state index contributed by atoms with van der Waals surface area (Å²) in [5.41, 5.74) is 0. The summed E-state index contributed by atoms with van der Waals surface area (Å²) in [5.74, 6) is -3.73. The lowest BCUT2D eigenvalue weighted by Gasteiger charge is -2.41. The number of esters is 1. The highest BCUT2D eigenvalue weighted by molar-refractivity contribution is 5.79. The van der Waals surface area contributed by atoms with Crippen LogP contribution in [-0.4, -0.2) is 81.7 Å². The second-order valence-corrected chi connectivity index (χ2v) is 4.52. The standard InChI is InChI=1S/C11H18O9/c1-19-6(13)2-4(11(17)18)10-9(16)8(15)7(14)5(3-12)20-10/h4-5,7-10,12,14-16H,2-3H2,1H3,(H,17,18)/t4?,5-,7-,8+,9-,10?/m1/s1. The van der Waals surface area contributed by atoms with E-state index in [9.17, 15) is 24.9 Å². The predicted molar refractivity (Wildman–Crippen MR) is 61.5 cm³/mol. The van der Waals surface area contributed by atoms with Crippen molar-refractivity contribution in [1.29, 1.82) is 0 Å². The highest BCUT2D eigenvalue weighted by Gasteiger charge is 2.48. The summed E-state index contributed by atoms with van der Waals surface area (Å²) < 4.78 is 9.46. The van der Waals surface area contributed by atoms with Gasteiger partial charge in [-0.05, 0) is 0 Å². The number of carboxylic acid groups (broad SMARTS) is 1. The van der Waals surface area contributed by atoms with Gasteiger partial charge in [-0.2, -0.15) is 0 Å². The Morgan fingerprint density at radius 2 is 1.80 bits per heavy atom. The zero-order chi connectivity index (χ0) is 15.4. The number of methoxy groups -OCH3 is 1. The van der Waals surface area contributed by atoms with Gasteiger partial charge in [0.25, 0.3) is 0 Å². The summed E-state index contributed by atoms with van der Waals surface area (Å²) in [4.78, 5) is 22.4. The van der Waals surface area contributed by atoms with E-state index in [1.807, 2.05) is 0 Å². The molecule has 1 rings (SSSR count). The van der Waals surface area contributed by atoms with Crippen molar-refractivity contribution in [1.82, 2.24) is 0 Å². The van der Waals surface area contributed by atoms with Crippen LogP contribution in [0.3, 0.4) is 0 Å². The monoisotopic (exact) mass is 294 g/mol. The Kier molecular flexibility index (Phi) is 5.84. The first kappa shape index (κ1) is 16.8. The molecule has 9 nitrogen and oxygen atoms in total. The molecule has 0 bridgehead atoms. The third-order valence-corrected chi connectivity index (χ3v) is 3.26. The van der Waals surface area contributed by atoms with Crippen LogP contribution in [0.2, 0.25) is 0 Å². The molecule has 0 aromatic heterocycles. The lowest BCUT2D eigenvalue weighted by Crippen LogP contribution is -2.61. The van der Waals surface area contributed by atoms with E-state index in [4.69, 9.17) is 14.9 Å². The van der Waals surface area contributed by atoms with Crippen LogP contribution in [0, 0.1) is 5.92 Å². The second-order valence-electron chi connectivity index (χ2n) is 4.52. The van der Waals surface area contributed by atoms with Crippen LogP contribution in [0.1, 0.15) is 6.42 Å². The Morgan fingerprint density at radius 3 is 2.25 bits per heavy atom. The largest absolute Gasteiger partial charge is 0.481 e. The van der Waals surface area contributed by atoms with Crippen molar-refractivity contribution in [3.63, 3.8) is 0 Å². The smallest absolute Gasteiger partial charge is 0.309 e. The highest BCUT2D eigenvalue weighted by atomic mass is 16.5. The molecule has 0 aromatic carbocycles. The van der Waals surface area contributed by atoms with E-state index >= 15 is 0 Å². The molecule has 0 saturated carbocycles. The summed E-state index contributed by atoms with van der Waals surface area (Å²) >= 11 is 0. The highest BCUT2D eigenvalue weighted by Crippen LogP contribution is 2.28. The average Bonchev–Trinajstić information content (AvgIpc) is 2.42. The van der Waals surface area contributed by atoms with E-state index < -0.39 is 61.4 Å². The van der Waals surface area contributed by atoms with Crippen molar-refractivity contribution in [3.05, 3.63) is 0 Å². The van der Waals surface area contributed by atoms with Gasteiger partial charge in [-0.1, -0.05) is 0 Å². The Labute approximate surface area is 114 Å². The first-order valence-corrected chi connectivity index (χ1v) is 5.93. The number of ether oxygens (including phenoxy) is 2. The van der Waals surface area contributed by atoms with Crippen LogP contribution in [0.4, 0.5) is 0 Å². The van der Waals surface area contributed by atoms with Gasteiger partial charge in [-0.25, -0.2) is 0 Å². The first-order chi connectivity index (χ1) is 9.33. The molecule has 9 heteroatoms. The quantitative estimate of drug-likeness (QED) is 0.336. The summed E-state index contributed by atoms with van der Waals surface area (Å²) in [5, 5.41) is 47.1. The number of hydrogen-bond acceptors (Lipinski definition) is 8. The zero-order valence-electron chi connectivity index (χ0n) is 10.7. The van der Waals surface area contributed by atoms with Crippen molar-refractivity contribution >= 4 is 11.9 Å². The lowest BCUT2D eigenvalue weighted by molar-refractivity contribution is -0.242. The van der Waals surface area contributed by atoms with E-state index in [0.29, 0.717) is 0 Å². The SMILES string of the molecule is COC(=O)CC(C(=O)O)C1O[C@H](CO)[C@@H](O)[C@H](O)[C@H]1O. The number of carbonyl (C=O) groups is 2. The number of carboxylic acids is 1. The minimum atomic E-state index is -1.71. The van der Waals surface area contributed by atoms with E-state index in [0.717, 1.165) is 7.11 Å². The van der Waals surface area contributed by atoms with Gasteiger partial charge in [-0.15, -0.1) is 0 Å². The Morgan fingerprint density at radius 1 is 1.20 bits per heavy atom. The van der Waals surface area contributed by atoms with Crippen molar-refractivity contribution in [2.75, 3.05) is 13.7 Å². The predicted octanol–water partition coefficient (Wildman–Crippen LogP) is -2.91. The Balaban J connectivity index is 2.93. The molecule has 0 aromatic rings. The molecular weight excluding hydrogens is 276 g/mol. The van der Waals surface area contributed by atoms with Crippen LogP contribution in [-0.2, 0) is 19.1 Å². The number of hydrogen-bond donors (Lipinski definition) is 5. The lowest BCUT2D eigenvalue weighted by atomic mass is 9.86. The summed E-state index contributed by atoms with van der Waals surface area (Å²) in [6.07, 6.45) is -8.24. The number of rotatable bonds is 5. The van der Waals surface area contributed by atoms with Gasteiger partial charge in [0, 0.05) is 0 Å². The van der Waals surface area contributed by atoms with Gasteiger partial charge in [0.2, 0.25) is 0 Å². The van der Waals surface area contributed by atoms with Gasteiger partial charge in [-0.3, -0.25) is 9.59 Å². The van der Waals surface area contributed by atoms with Crippen molar-refractivity contribution in [2.45, 2.75) is 36.9 Å². The third-order valence-electron chi connectivity index (χ3n) is 3.26. The molecular formula is C11H18O9. The maximum absolute atomic E-state index is 11.2. The second kappa shape index (κ2) is 6.95. The van der Waals surface area contributed by atoms with Crippen LogP contribution in [0.25, 0.3) is 0 Å². The fraction of sp³-hybridized carbons (Fsp3) is 0.818. The summed E-state index contributed by atoms with van der Waals surface area (Å²) in [6.45, 7) is -0.675. The minimum absolute atomic E-state index is 0.575. The molecule has 0 spiro atoms. The van der Waals surface area contributed by atoms with E-state index in [1.165, 1.54) is 0 Å². The number of carbonyl (C=O) groups excluding carboxylic acids is 1. The molecule has 0 aliphatic carbocycles. The minimum Gasteiger partial charge on any atom is -0.481 e. The maximum atomic E-state index is 11.2. The fourth-order valence-electron chi connectivity index (χ4n) is 2.07. The normalized spacial score (nSPS) is 35.4. The topological polar surface area (TPSA) is 154 Å². The molecule has 116 valence electrons. The maximum Gasteiger partial charge on any atom is 0.309 e. The van der Waals surface area contributed by atoms with Gasteiger partial charge in [0.05, 0.1) is 26.1 Å². The van der Waals surface area contributed by atoms with Crippen LogP contribution in [0.5, 0.6) is 0 Å². The Hall–Kier alpha value is -1.26. The van der Waals surface area contributed by atoms with Crippen LogP contribution < -0.4 is 0 Å². The van der Waals surface area contributed by atoms with Crippen LogP contribution >= 0.6 is 0 Å². The van der Waals surface area contributed by atoms with Gasteiger partial charge >= 0.3 is 11.9 Å². The fourth-order valence-corrected chi connectivity index (χ4v) is 2.07. The number of aliphatic hydroxyl groups is 4. The van der Waals surface area contributed by atoms with Gasteiger partial charge in [0.15, 0.2) is 0 Å². The molecule has 1 aliphatic rings. The molecule has 0 radical (unpaired) electrons. The molecule has 20 heavy (non-hydrogen) atoms. The molecule has 1 aliphatic heterocycles. The van der Waals surface area contributed by atoms with E-state index in [2.05, 4.69) is 4.74 Å². The van der Waals surface area contributed by atoms with Crippen LogP contribution in [0.15, 0.2) is 0 Å². The first-order valence-electron chi connectivity index (χ1n) is 5.93. The number of aliphatic carboxylic acids is 1. The van der Waals surface area contributed by atoms with Crippen molar-refractivity contribution in [3.8, 4) is 0 Å². The molecule has 1 fully saturated rings. The van der Waals surface area contributed by atoms with Crippen molar-refractivity contribution < 1.29 is 44.6 Å². The Bertz CT molecular complexity index is 356. The van der Waals surface area contributed by atoms with E-state index in [-0.39, 0.29) is 0 Å². The summed E-state index contributed by atoms with van der Waals surface area (Å²) in [7, 11) is 1.08. The van der Waals surface area contributed by atoms with Gasteiger partial charge < -0.3 is 35.0 Å². The average molecular weight is 294 g/mol. The summed E-state index contributed by atoms with van der Waals surface area (Å²) in [6, 6.07) is 0. The van der Waals surface area contributed by atoms with Crippen molar-refractivity contribution in [2.24, 2.45) is 5.92 Å². The molecule has 6 atom stereocenters.